The molecule has 6 nitrogen and oxygen atoms in total. The van der Waals surface area contributed by atoms with Crippen LogP contribution in [0.4, 0.5) is 8.78 Å². The first-order valence-corrected chi connectivity index (χ1v) is 6.40. The number of hydrogen-bond donors (Lipinski definition) is 2. The van der Waals surface area contributed by atoms with E-state index in [4.69, 9.17) is 0 Å². The van der Waals surface area contributed by atoms with Crippen molar-refractivity contribution in [3.63, 3.8) is 0 Å². The number of H-pyrrole nitrogens is 2. The minimum atomic E-state index is -0.919. The van der Waals surface area contributed by atoms with Crippen LogP contribution in [0.1, 0.15) is 0 Å². The van der Waals surface area contributed by atoms with E-state index in [9.17, 15) is 8.78 Å². The van der Waals surface area contributed by atoms with Gasteiger partial charge in [0, 0.05) is 23.3 Å². The number of nitrogens with zero attached hydrogens (tertiary/aromatic N) is 4. The van der Waals surface area contributed by atoms with Gasteiger partial charge in [0.1, 0.15) is 5.82 Å². The summed E-state index contributed by atoms with van der Waals surface area (Å²) in [4.78, 5) is 7.23. The maximum Gasteiger partial charge on any atom is 0.204 e. The van der Waals surface area contributed by atoms with Gasteiger partial charge in [-0.15, -0.1) is 10.2 Å². The van der Waals surface area contributed by atoms with Crippen molar-refractivity contribution in [2.24, 2.45) is 0 Å². The molecular formula is C14H8F2N6. The van der Waals surface area contributed by atoms with Gasteiger partial charge < -0.3 is 4.98 Å². The Kier molecular flexibility index (Phi) is 2.68. The second-order valence-electron chi connectivity index (χ2n) is 4.68. The average Bonchev–Trinajstić information content (AvgIpc) is 3.17. The second kappa shape index (κ2) is 4.69. The fourth-order valence-electron chi connectivity index (χ4n) is 2.20. The molecule has 4 aromatic rings. The number of imidazole rings is 1. The monoisotopic (exact) mass is 298 g/mol. The average molecular weight is 298 g/mol. The van der Waals surface area contributed by atoms with Crippen molar-refractivity contribution < 1.29 is 8.78 Å². The molecule has 0 aliphatic carbocycles. The SMILES string of the molecule is Fc1cc2nc(-c3ccc(-c4nn[nH]n4)cc3)[nH]c2cc1F. The molecule has 2 N–H and O–H groups in total. The van der Waals surface area contributed by atoms with Crippen LogP contribution in [0.15, 0.2) is 36.4 Å². The van der Waals surface area contributed by atoms with Crippen molar-refractivity contribution in [3.05, 3.63) is 48.0 Å². The van der Waals surface area contributed by atoms with Gasteiger partial charge in [0.25, 0.3) is 0 Å². The number of rotatable bonds is 2. The van der Waals surface area contributed by atoms with Crippen LogP contribution in [0.5, 0.6) is 0 Å². The lowest BCUT2D eigenvalue weighted by atomic mass is 10.1. The van der Waals surface area contributed by atoms with Gasteiger partial charge in [-0.3, -0.25) is 0 Å². The molecule has 0 radical (unpaired) electrons. The molecule has 0 bridgehead atoms. The first kappa shape index (κ1) is 12.6. The standard InChI is InChI=1S/C14H8F2N6/c15-9-5-11-12(6-10(9)16)18-13(17-11)7-1-3-8(4-2-7)14-19-21-22-20-14/h1-6H,(H,17,18)(H,19,20,21,22). The molecule has 8 heteroatoms. The molecule has 0 saturated heterocycles. The number of tetrazole rings is 1. The molecule has 0 spiro atoms. The molecule has 4 rings (SSSR count). The largest absolute Gasteiger partial charge is 0.338 e. The zero-order chi connectivity index (χ0) is 15.1. The predicted octanol–water partition coefficient (Wildman–Crippen LogP) is 2.69. The lowest BCUT2D eigenvalue weighted by Crippen LogP contribution is -1.83. The van der Waals surface area contributed by atoms with Gasteiger partial charge in [0.2, 0.25) is 5.82 Å². The van der Waals surface area contributed by atoms with Gasteiger partial charge in [-0.1, -0.05) is 24.3 Å². The van der Waals surface area contributed by atoms with Crippen molar-refractivity contribution in [3.8, 4) is 22.8 Å². The topological polar surface area (TPSA) is 83.1 Å². The molecule has 0 saturated carbocycles. The van der Waals surface area contributed by atoms with Crippen LogP contribution in [0, 0.1) is 11.6 Å². The molecule has 0 aliphatic heterocycles. The number of halogens is 2. The highest BCUT2D eigenvalue weighted by atomic mass is 19.2. The second-order valence-corrected chi connectivity index (χ2v) is 4.68. The van der Waals surface area contributed by atoms with Crippen LogP contribution in [-0.4, -0.2) is 30.6 Å². The predicted molar refractivity (Wildman–Crippen MR) is 74.6 cm³/mol. The summed E-state index contributed by atoms with van der Waals surface area (Å²) >= 11 is 0. The number of nitrogens with one attached hydrogen (secondary N) is 2. The molecule has 0 fully saturated rings. The number of aromatic nitrogens is 6. The van der Waals surface area contributed by atoms with Gasteiger partial charge in [0.05, 0.1) is 11.0 Å². The Balaban J connectivity index is 1.75. The van der Waals surface area contributed by atoms with Gasteiger partial charge in [-0.2, -0.15) is 5.21 Å². The van der Waals surface area contributed by atoms with E-state index in [-0.39, 0.29) is 0 Å². The lowest BCUT2D eigenvalue weighted by molar-refractivity contribution is 0.510. The summed E-state index contributed by atoms with van der Waals surface area (Å²) in [7, 11) is 0. The van der Waals surface area contributed by atoms with Crippen molar-refractivity contribution in [1.29, 1.82) is 0 Å². The molecule has 0 atom stereocenters. The molecule has 0 aliphatic rings. The Morgan fingerprint density at radius 1 is 0.909 bits per heavy atom. The van der Waals surface area contributed by atoms with E-state index >= 15 is 0 Å². The Morgan fingerprint density at radius 3 is 2.36 bits per heavy atom. The third kappa shape index (κ3) is 2.01. The maximum absolute atomic E-state index is 13.2. The zero-order valence-corrected chi connectivity index (χ0v) is 11.0. The van der Waals surface area contributed by atoms with Crippen molar-refractivity contribution in [2.75, 3.05) is 0 Å². The van der Waals surface area contributed by atoms with Gasteiger partial charge in [-0.05, 0) is 5.21 Å². The summed E-state index contributed by atoms with van der Waals surface area (Å²) in [5.41, 5.74) is 2.39. The summed E-state index contributed by atoms with van der Waals surface area (Å²) in [6, 6.07) is 9.42. The number of hydrogen-bond acceptors (Lipinski definition) is 4. The fourth-order valence-corrected chi connectivity index (χ4v) is 2.20. The molecule has 2 aromatic heterocycles. The summed E-state index contributed by atoms with van der Waals surface area (Å²) in [5, 5.41) is 13.7. The molecule has 22 heavy (non-hydrogen) atoms. The highest BCUT2D eigenvalue weighted by molar-refractivity contribution is 5.79. The highest BCUT2D eigenvalue weighted by Crippen LogP contribution is 2.24. The van der Waals surface area contributed by atoms with E-state index in [1.807, 2.05) is 24.3 Å². The summed E-state index contributed by atoms with van der Waals surface area (Å²) in [5.74, 6) is -0.812. The van der Waals surface area contributed by atoms with Crippen LogP contribution in [0.3, 0.4) is 0 Å². The smallest absolute Gasteiger partial charge is 0.204 e. The van der Waals surface area contributed by atoms with Crippen molar-refractivity contribution >= 4 is 11.0 Å². The van der Waals surface area contributed by atoms with Crippen LogP contribution < -0.4 is 0 Å². The Hall–Kier alpha value is -3.16. The summed E-state index contributed by atoms with van der Waals surface area (Å²) in [6.07, 6.45) is 0. The number of fused-ring (bicyclic) bond motifs is 1. The molecule has 2 heterocycles. The van der Waals surface area contributed by atoms with E-state index in [2.05, 4.69) is 30.6 Å². The highest BCUT2D eigenvalue weighted by Gasteiger charge is 2.10. The van der Waals surface area contributed by atoms with E-state index in [1.54, 1.807) is 0 Å². The molecule has 0 amide bonds. The van der Waals surface area contributed by atoms with E-state index in [0.717, 1.165) is 23.3 Å². The van der Waals surface area contributed by atoms with Crippen LogP contribution in [-0.2, 0) is 0 Å². The van der Waals surface area contributed by atoms with Gasteiger partial charge >= 0.3 is 0 Å². The maximum atomic E-state index is 13.2. The van der Waals surface area contributed by atoms with Crippen LogP contribution in [0.2, 0.25) is 0 Å². The Morgan fingerprint density at radius 2 is 1.64 bits per heavy atom. The Labute approximate surface area is 122 Å². The molecule has 0 unspecified atom stereocenters. The normalized spacial score (nSPS) is 11.2. The van der Waals surface area contributed by atoms with Gasteiger partial charge in [0.15, 0.2) is 11.6 Å². The van der Waals surface area contributed by atoms with Crippen molar-refractivity contribution in [2.45, 2.75) is 0 Å². The number of aromatic amines is 2. The first-order chi connectivity index (χ1) is 10.7. The summed E-state index contributed by atoms with van der Waals surface area (Å²) in [6.45, 7) is 0. The van der Waals surface area contributed by atoms with Crippen molar-refractivity contribution in [1.82, 2.24) is 30.6 Å². The van der Waals surface area contributed by atoms with Crippen LogP contribution in [0.25, 0.3) is 33.8 Å². The molecule has 108 valence electrons. The lowest BCUT2D eigenvalue weighted by Gasteiger charge is -1.98. The van der Waals surface area contributed by atoms with E-state index in [0.29, 0.717) is 22.7 Å². The minimum Gasteiger partial charge on any atom is -0.338 e. The first-order valence-electron chi connectivity index (χ1n) is 6.40. The van der Waals surface area contributed by atoms with E-state index < -0.39 is 11.6 Å². The van der Waals surface area contributed by atoms with Crippen LogP contribution >= 0.6 is 0 Å². The third-order valence-electron chi connectivity index (χ3n) is 3.29. The van der Waals surface area contributed by atoms with E-state index in [1.165, 1.54) is 0 Å². The summed E-state index contributed by atoms with van der Waals surface area (Å²) < 4.78 is 26.4. The zero-order valence-electron chi connectivity index (χ0n) is 11.0. The van der Waals surface area contributed by atoms with Gasteiger partial charge in [-0.25, -0.2) is 13.8 Å². The Bertz CT molecular complexity index is 905. The fraction of sp³-hybridized carbons (Fsp3) is 0. The number of benzene rings is 2. The molecular weight excluding hydrogens is 290 g/mol. The third-order valence-corrected chi connectivity index (χ3v) is 3.29. The quantitative estimate of drug-likeness (QED) is 0.596. The molecule has 2 aromatic carbocycles. The minimum absolute atomic E-state index is 0.371.